The Morgan fingerprint density at radius 1 is 1.03 bits per heavy atom. The largest absolute Gasteiger partial charge is 0.454 e. The molecule has 0 radical (unpaired) electrons. The summed E-state index contributed by atoms with van der Waals surface area (Å²) in [7, 11) is 1.68. The van der Waals surface area contributed by atoms with Gasteiger partial charge in [0, 0.05) is 53.5 Å². The van der Waals surface area contributed by atoms with Crippen molar-refractivity contribution >= 4 is 27.3 Å². The third-order valence-electron chi connectivity index (χ3n) is 5.51. The van der Waals surface area contributed by atoms with Crippen LogP contribution >= 0.6 is 0 Å². The molecule has 32 heavy (non-hydrogen) atoms. The van der Waals surface area contributed by atoms with Gasteiger partial charge < -0.3 is 14.3 Å². The van der Waals surface area contributed by atoms with Crippen molar-refractivity contribution in [2.45, 2.75) is 12.8 Å². The van der Waals surface area contributed by atoms with Gasteiger partial charge in [0.15, 0.2) is 11.6 Å². The number of halogens is 2. The Kier molecular flexibility index (Phi) is 5.38. The molecule has 0 atom stereocenters. The number of benzene rings is 2. The van der Waals surface area contributed by atoms with Crippen molar-refractivity contribution in [3.63, 3.8) is 0 Å². The molecular weight excluding hydrogens is 432 g/mol. The molecule has 0 saturated carbocycles. The predicted molar refractivity (Wildman–Crippen MR) is 124 cm³/mol. The molecule has 5 rings (SSSR count). The fourth-order valence-corrected chi connectivity index (χ4v) is 5.79. The summed E-state index contributed by atoms with van der Waals surface area (Å²) in [6.45, 7) is 0. The van der Waals surface area contributed by atoms with E-state index in [1.54, 1.807) is 25.5 Å². The van der Waals surface area contributed by atoms with Crippen LogP contribution in [0.4, 0.5) is 14.5 Å². The van der Waals surface area contributed by atoms with Gasteiger partial charge in [0.05, 0.1) is 5.69 Å². The molecule has 1 saturated heterocycles. The van der Waals surface area contributed by atoms with Crippen molar-refractivity contribution in [1.29, 1.82) is 0 Å². The van der Waals surface area contributed by atoms with Gasteiger partial charge in [0.2, 0.25) is 0 Å². The van der Waals surface area contributed by atoms with Crippen LogP contribution in [0.1, 0.15) is 12.8 Å². The number of nitrogens with zero attached hydrogens (tertiary/aromatic N) is 2. The molecular formula is C24H21F2N3O2S. The van der Waals surface area contributed by atoms with E-state index >= 15 is 0 Å². The van der Waals surface area contributed by atoms with Crippen LogP contribution in [0.25, 0.3) is 22.0 Å². The number of rotatable bonds is 4. The van der Waals surface area contributed by atoms with Crippen LogP contribution in [0.2, 0.25) is 0 Å². The highest BCUT2D eigenvalue weighted by molar-refractivity contribution is 7.87. The zero-order valence-electron chi connectivity index (χ0n) is 17.4. The average molecular weight is 454 g/mol. The van der Waals surface area contributed by atoms with Gasteiger partial charge in [-0.2, -0.15) is 0 Å². The predicted octanol–water partition coefficient (Wildman–Crippen LogP) is 5.83. The fraction of sp³-hybridized carbons (Fsp3) is 0.208. The van der Waals surface area contributed by atoms with Gasteiger partial charge >= 0.3 is 0 Å². The first kappa shape index (κ1) is 20.6. The summed E-state index contributed by atoms with van der Waals surface area (Å²) in [4.78, 5) is 15.5. The van der Waals surface area contributed by atoms with E-state index in [1.807, 2.05) is 18.2 Å². The highest BCUT2D eigenvalue weighted by Crippen LogP contribution is 2.39. The maximum Gasteiger partial charge on any atom is 0.274 e. The van der Waals surface area contributed by atoms with E-state index in [0.29, 0.717) is 16.8 Å². The molecule has 164 valence electrons. The molecule has 0 unspecified atom stereocenters. The third-order valence-corrected chi connectivity index (χ3v) is 7.49. The van der Waals surface area contributed by atoms with Crippen molar-refractivity contribution in [2.24, 2.45) is 11.4 Å². The Morgan fingerprint density at radius 3 is 2.59 bits per heavy atom. The van der Waals surface area contributed by atoms with E-state index in [1.165, 1.54) is 23.5 Å². The van der Waals surface area contributed by atoms with E-state index in [-0.39, 0.29) is 22.0 Å². The molecule has 5 nitrogen and oxygen atoms in total. The lowest BCUT2D eigenvalue weighted by molar-refractivity contribution is 0.439. The first-order valence-electron chi connectivity index (χ1n) is 10.3. The van der Waals surface area contributed by atoms with Gasteiger partial charge in [0.1, 0.15) is 17.1 Å². The van der Waals surface area contributed by atoms with Crippen molar-refractivity contribution in [2.75, 3.05) is 11.5 Å². The lowest BCUT2D eigenvalue weighted by Gasteiger charge is -2.15. The Labute approximate surface area is 185 Å². The summed E-state index contributed by atoms with van der Waals surface area (Å²) in [5.41, 5.74) is 2.58. The number of fused-ring (bicyclic) bond motifs is 1. The quantitative estimate of drug-likeness (QED) is 0.423. The van der Waals surface area contributed by atoms with Crippen LogP contribution in [-0.4, -0.2) is 21.1 Å². The number of nitrogens with one attached hydrogen (secondary N) is 1. The molecule has 0 amide bonds. The number of hydrogen-bond donors (Lipinski definition) is 1. The topological polar surface area (TPSA) is 59.4 Å². The zero-order valence-corrected chi connectivity index (χ0v) is 18.2. The molecule has 4 aromatic rings. The molecule has 2 aromatic heterocycles. The van der Waals surface area contributed by atoms with E-state index in [0.717, 1.165) is 40.3 Å². The minimum absolute atomic E-state index is 0.0000554. The maximum absolute atomic E-state index is 14.3. The minimum atomic E-state index is -0.788. The van der Waals surface area contributed by atoms with E-state index < -0.39 is 11.6 Å². The van der Waals surface area contributed by atoms with Gasteiger partial charge in [0.25, 0.3) is 5.56 Å². The molecule has 1 N–H and O–H groups in total. The highest BCUT2D eigenvalue weighted by Gasteiger charge is 2.17. The molecule has 0 spiro atoms. The fourth-order valence-electron chi connectivity index (χ4n) is 3.91. The summed E-state index contributed by atoms with van der Waals surface area (Å²) in [6.07, 6.45) is 5.83. The van der Waals surface area contributed by atoms with Gasteiger partial charge in [-0.25, -0.2) is 13.1 Å². The van der Waals surface area contributed by atoms with E-state index in [2.05, 4.69) is 4.98 Å². The molecule has 1 aliphatic rings. The first-order valence-corrected chi connectivity index (χ1v) is 11.8. The molecule has 2 aromatic carbocycles. The monoisotopic (exact) mass is 453 g/mol. The molecule has 8 heteroatoms. The smallest absolute Gasteiger partial charge is 0.274 e. The third kappa shape index (κ3) is 3.86. The second-order valence-corrected chi connectivity index (χ2v) is 9.68. The number of aryl methyl sites for hydroxylation is 1. The molecule has 0 aliphatic carbocycles. The first-order chi connectivity index (χ1) is 15.5. The average Bonchev–Trinajstić information content (AvgIpc) is 3.46. The molecule has 0 bridgehead atoms. The van der Waals surface area contributed by atoms with Crippen LogP contribution in [0, 0.1) is 11.6 Å². The Bertz CT molecular complexity index is 1420. The Balaban J connectivity index is 1.69. The number of aromatic nitrogens is 2. The van der Waals surface area contributed by atoms with Crippen LogP contribution < -0.4 is 10.3 Å². The van der Waals surface area contributed by atoms with Gasteiger partial charge in [-0.15, -0.1) is 0 Å². The van der Waals surface area contributed by atoms with Crippen LogP contribution in [0.5, 0.6) is 11.5 Å². The highest BCUT2D eigenvalue weighted by atomic mass is 32.2. The van der Waals surface area contributed by atoms with E-state index in [4.69, 9.17) is 9.10 Å². The van der Waals surface area contributed by atoms with Gasteiger partial charge in [-0.3, -0.25) is 4.79 Å². The molecule has 1 fully saturated rings. The van der Waals surface area contributed by atoms with Gasteiger partial charge in [-0.05, 0) is 49.2 Å². The number of hydrogen-bond acceptors (Lipinski definition) is 3. The standard InChI is InChI=1S/C24H21F2N3O2S/c1-29-14-19(17-8-9-27-23(17)24(29)30)18-13-16(28-32-10-2-3-11-32)5-7-21(18)31-22-6-4-15(25)12-20(22)26/h4-9,12-14,27H,2-3,10-11H2,1H3. The van der Waals surface area contributed by atoms with Gasteiger partial charge in [-0.1, -0.05) is 10.7 Å². The summed E-state index contributed by atoms with van der Waals surface area (Å²) in [6, 6.07) is 10.5. The number of aromatic amines is 1. The number of H-pyrrole nitrogens is 1. The molecule has 1 aliphatic heterocycles. The number of ether oxygens (including phenoxy) is 1. The lowest BCUT2D eigenvalue weighted by Crippen LogP contribution is -2.16. The van der Waals surface area contributed by atoms with Crippen molar-refractivity contribution in [3.05, 3.63) is 76.8 Å². The summed E-state index contributed by atoms with van der Waals surface area (Å²) in [5.74, 6) is 1.04. The second-order valence-electron chi connectivity index (χ2n) is 7.75. The molecule has 3 heterocycles. The van der Waals surface area contributed by atoms with Crippen molar-refractivity contribution < 1.29 is 13.5 Å². The van der Waals surface area contributed by atoms with E-state index in [9.17, 15) is 13.6 Å². The minimum Gasteiger partial charge on any atom is -0.454 e. The number of pyridine rings is 1. The van der Waals surface area contributed by atoms with Crippen molar-refractivity contribution in [1.82, 2.24) is 9.55 Å². The zero-order chi connectivity index (χ0) is 22.2. The van der Waals surface area contributed by atoms with Crippen LogP contribution in [0.15, 0.2) is 64.0 Å². The lowest BCUT2D eigenvalue weighted by atomic mass is 10.0. The summed E-state index contributed by atoms with van der Waals surface area (Å²) >= 11 is 0. The second kappa shape index (κ2) is 8.35. The normalized spacial score (nSPS) is 14.2. The Hall–Kier alpha value is -3.26. The maximum atomic E-state index is 14.3. The van der Waals surface area contributed by atoms with Crippen LogP contribution in [0.3, 0.4) is 0 Å². The Morgan fingerprint density at radius 2 is 1.81 bits per heavy atom. The van der Waals surface area contributed by atoms with Crippen molar-refractivity contribution in [3.8, 4) is 22.6 Å². The summed E-state index contributed by atoms with van der Waals surface area (Å²) in [5, 5.41) is 0.734. The summed E-state index contributed by atoms with van der Waals surface area (Å²) < 4.78 is 40.0. The van der Waals surface area contributed by atoms with Crippen LogP contribution in [-0.2, 0) is 17.7 Å². The SMILES string of the molecule is Cn1cc(-c2cc(N=S3CCCC3)ccc2Oc2ccc(F)cc2F)c2cc[nH]c2c1=O.